The van der Waals surface area contributed by atoms with Crippen LogP contribution >= 0.6 is 15.9 Å². The number of Topliss-reactive ketones (excluding diaryl/α,β-unsaturated/α-hetero) is 1. The van der Waals surface area contributed by atoms with Gasteiger partial charge in [-0.2, -0.15) is 26.3 Å². The molecule has 2 rings (SSSR count). The van der Waals surface area contributed by atoms with Crippen LogP contribution in [0.15, 0.2) is 16.7 Å². The highest BCUT2D eigenvalue weighted by Crippen LogP contribution is 2.37. The number of hydrogen-bond acceptors (Lipinski definition) is 3. The molecular weight excluding hydrogens is 441 g/mol. The van der Waals surface area contributed by atoms with Gasteiger partial charge in [0.2, 0.25) is 0 Å². The highest BCUT2D eigenvalue weighted by molar-refractivity contribution is 9.10. The standard InChI is InChI=1S/C14H8BrF7N2O2/c1-2-26-8-4-5(7(16)3-6(8)10(25)14(20,21)22)12-23-9(11(15)24-12)13(17,18)19/h3-4H,2H2,1H3,(H,23,24). The van der Waals surface area contributed by atoms with Gasteiger partial charge in [0.25, 0.3) is 5.78 Å². The minimum atomic E-state index is -5.28. The summed E-state index contributed by atoms with van der Waals surface area (Å²) in [6.45, 7) is 1.23. The maximum atomic E-state index is 14.2. The maximum absolute atomic E-state index is 14.2. The summed E-state index contributed by atoms with van der Waals surface area (Å²) in [5.74, 6) is -4.96. The van der Waals surface area contributed by atoms with Crippen molar-refractivity contribution in [3.05, 3.63) is 33.8 Å². The van der Waals surface area contributed by atoms with E-state index in [0.29, 0.717) is 6.07 Å². The molecule has 2 aromatic rings. The number of nitrogens with one attached hydrogen (secondary N) is 1. The summed E-state index contributed by atoms with van der Waals surface area (Å²) >= 11 is 2.57. The van der Waals surface area contributed by atoms with Crippen LogP contribution in [0.25, 0.3) is 11.4 Å². The lowest BCUT2D eigenvalue weighted by atomic mass is 10.0. The first-order valence-electron chi connectivity index (χ1n) is 6.77. The second-order valence-corrected chi connectivity index (χ2v) is 5.59. The average molecular weight is 449 g/mol. The van der Waals surface area contributed by atoms with Gasteiger partial charge >= 0.3 is 12.4 Å². The van der Waals surface area contributed by atoms with Crippen LogP contribution in [0.5, 0.6) is 5.75 Å². The third-order valence-corrected chi connectivity index (χ3v) is 3.64. The Labute approximate surface area is 149 Å². The third-order valence-electron chi connectivity index (χ3n) is 3.07. The van der Waals surface area contributed by atoms with Crippen LogP contribution in [-0.4, -0.2) is 28.5 Å². The van der Waals surface area contributed by atoms with Crippen molar-refractivity contribution in [1.29, 1.82) is 0 Å². The first kappa shape index (κ1) is 20.2. The van der Waals surface area contributed by atoms with Crippen LogP contribution in [0, 0.1) is 5.82 Å². The Bertz CT molecular complexity index is 843. The minimum Gasteiger partial charge on any atom is -0.493 e. The molecule has 0 saturated carbocycles. The number of nitrogens with zero attached hydrogens (tertiary/aromatic N) is 1. The molecule has 26 heavy (non-hydrogen) atoms. The lowest BCUT2D eigenvalue weighted by Gasteiger charge is -2.13. The van der Waals surface area contributed by atoms with Gasteiger partial charge in [-0.3, -0.25) is 4.79 Å². The zero-order valence-electron chi connectivity index (χ0n) is 12.6. The molecule has 1 aromatic heterocycles. The summed E-state index contributed by atoms with van der Waals surface area (Å²) in [6, 6.07) is 0.934. The van der Waals surface area contributed by atoms with Crippen molar-refractivity contribution < 1.29 is 40.3 Å². The van der Waals surface area contributed by atoms with Crippen molar-refractivity contribution in [2.75, 3.05) is 6.61 Å². The van der Waals surface area contributed by atoms with Gasteiger partial charge in [0.05, 0.1) is 17.7 Å². The van der Waals surface area contributed by atoms with E-state index in [2.05, 4.69) is 20.9 Å². The van der Waals surface area contributed by atoms with Gasteiger partial charge in [-0.05, 0) is 35.0 Å². The molecule has 0 fully saturated rings. The van der Waals surface area contributed by atoms with Crippen LogP contribution in [0.2, 0.25) is 0 Å². The molecule has 0 aliphatic carbocycles. The minimum absolute atomic E-state index is 0.168. The van der Waals surface area contributed by atoms with E-state index in [9.17, 15) is 35.5 Å². The number of benzene rings is 1. The number of carbonyl (C=O) groups is 1. The molecular formula is C14H8BrF7N2O2. The second kappa shape index (κ2) is 6.89. The summed E-state index contributed by atoms with van der Waals surface area (Å²) in [6.07, 6.45) is -10.1. The van der Waals surface area contributed by atoms with Crippen LogP contribution in [0.4, 0.5) is 30.7 Å². The summed E-state index contributed by atoms with van der Waals surface area (Å²) in [4.78, 5) is 16.7. The Hall–Kier alpha value is -2.11. The van der Waals surface area contributed by atoms with Gasteiger partial charge in [0.1, 0.15) is 22.0 Å². The van der Waals surface area contributed by atoms with Crippen molar-refractivity contribution in [3.63, 3.8) is 0 Å². The van der Waals surface area contributed by atoms with Crippen molar-refractivity contribution >= 4 is 21.7 Å². The molecule has 1 N–H and O–H groups in total. The molecule has 0 aliphatic rings. The largest absolute Gasteiger partial charge is 0.493 e. The topological polar surface area (TPSA) is 55.0 Å². The lowest BCUT2D eigenvalue weighted by Crippen LogP contribution is -2.23. The molecule has 0 unspecified atom stereocenters. The number of halogens is 8. The Morgan fingerprint density at radius 3 is 2.31 bits per heavy atom. The van der Waals surface area contributed by atoms with Crippen molar-refractivity contribution in [2.45, 2.75) is 19.3 Å². The second-order valence-electron chi connectivity index (χ2n) is 4.84. The van der Waals surface area contributed by atoms with Gasteiger partial charge < -0.3 is 9.72 Å². The maximum Gasteiger partial charge on any atom is 0.455 e. The molecule has 0 radical (unpaired) electrons. The zero-order chi connectivity index (χ0) is 19.9. The molecule has 0 spiro atoms. The smallest absolute Gasteiger partial charge is 0.455 e. The first-order valence-corrected chi connectivity index (χ1v) is 7.56. The Morgan fingerprint density at radius 1 is 1.23 bits per heavy atom. The molecule has 0 saturated heterocycles. The SMILES string of the molecule is CCOc1cc(-c2nc(Br)c(C(F)(F)F)[nH]2)c(F)cc1C(=O)C(F)(F)F. The van der Waals surface area contributed by atoms with Gasteiger partial charge in [0, 0.05) is 0 Å². The highest BCUT2D eigenvalue weighted by atomic mass is 79.9. The van der Waals surface area contributed by atoms with Crippen LogP contribution in [-0.2, 0) is 6.18 Å². The number of carbonyl (C=O) groups excluding carboxylic acids is 1. The van der Waals surface area contributed by atoms with Gasteiger partial charge in [-0.15, -0.1) is 0 Å². The molecule has 0 atom stereocenters. The molecule has 0 aliphatic heterocycles. The number of alkyl halides is 6. The van der Waals surface area contributed by atoms with Crippen molar-refractivity contribution in [3.8, 4) is 17.1 Å². The number of aromatic nitrogens is 2. The quantitative estimate of drug-likeness (QED) is 0.520. The van der Waals surface area contributed by atoms with Crippen LogP contribution in [0.1, 0.15) is 23.0 Å². The van der Waals surface area contributed by atoms with Gasteiger partial charge in [-0.25, -0.2) is 9.37 Å². The fraction of sp³-hybridized carbons (Fsp3) is 0.286. The van der Waals surface area contributed by atoms with E-state index >= 15 is 0 Å². The van der Waals surface area contributed by atoms with E-state index in [1.54, 1.807) is 0 Å². The molecule has 142 valence electrons. The Morgan fingerprint density at radius 2 is 1.85 bits per heavy atom. The van der Waals surface area contributed by atoms with Crippen LogP contribution in [0.3, 0.4) is 0 Å². The number of ketones is 1. The van der Waals surface area contributed by atoms with E-state index < -0.39 is 57.0 Å². The molecule has 0 amide bonds. The lowest BCUT2D eigenvalue weighted by molar-refractivity contribution is -0.141. The molecule has 1 heterocycles. The van der Waals surface area contributed by atoms with E-state index in [1.807, 2.05) is 4.98 Å². The molecule has 12 heteroatoms. The number of aromatic amines is 1. The normalized spacial score (nSPS) is 12.3. The van der Waals surface area contributed by atoms with E-state index in [-0.39, 0.29) is 12.7 Å². The van der Waals surface area contributed by atoms with Crippen molar-refractivity contribution in [2.24, 2.45) is 0 Å². The van der Waals surface area contributed by atoms with Gasteiger partial charge in [-0.1, -0.05) is 0 Å². The van der Waals surface area contributed by atoms with Crippen molar-refractivity contribution in [1.82, 2.24) is 9.97 Å². The predicted molar refractivity (Wildman–Crippen MR) is 78.2 cm³/mol. The zero-order valence-corrected chi connectivity index (χ0v) is 14.2. The predicted octanol–water partition coefficient (Wildman–Crippen LogP) is 5.14. The summed E-state index contributed by atoms with van der Waals surface area (Å²) < 4.78 is 94.7. The summed E-state index contributed by atoms with van der Waals surface area (Å²) in [5.41, 5.74) is -2.99. The third kappa shape index (κ3) is 4.00. The first-order chi connectivity index (χ1) is 11.9. The number of hydrogen-bond donors (Lipinski definition) is 1. The monoisotopic (exact) mass is 448 g/mol. The number of ether oxygens (including phenoxy) is 1. The van der Waals surface area contributed by atoms with Crippen LogP contribution < -0.4 is 4.74 Å². The molecule has 0 bridgehead atoms. The molecule has 1 aromatic carbocycles. The molecule has 4 nitrogen and oxygen atoms in total. The number of imidazole rings is 1. The van der Waals surface area contributed by atoms with E-state index in [4.69, 9.17) is 4.74 Å². The fourth-order valence-corrected chi connectivity index (χ4v) is 2.51. The summed E-state index contributed by atoms with van der Waals surface area (Å²) in [7, 11) is 0. The number of H-pyrrole nitrogens is 1. The fourth-order valence-electron chi connectivity index (χ4n) is 2.01. The van der Waals surface area contributed by atoms with Gasteiger partial charge in [0.15, 0.2) is 5.69 Å². The Balaban J connectivity index is 2.62. The number of rotatable bonds is 4. The highest BCUT2D eigenvalue weighted by Gasteiger charge is 2.42. The summed E-state index contributed by atoms with van der Waals surface area (Å²) in [5, 5.41) is 0. The Kier molecular flexibility index (Phi) is 5.36. The van der Waals surface area contributed by atoms with E-state index in [1.165, 1.54) is 6.92 Å². The van der Waals surface area contributed by atoms with E-state index in [0.717, 1.165) is 0 Å². The average Bonchev–Trinajstić information content (AvgIpc) is 2.89.